The summed E-state index contributed by atoms with van der Waals surface area (Å²) in [5.41, 5.74) is 2.18. The minimum atomic E-state index is 0.574. The van der Waals surface area contributed by atoms with Crippen LogP contribution in [-0.4, -0.2) is 54.5 Å². The van der Waals surface area contributed by atoms with Crippen molar-refractivity contribution in [3.05, 3.63) is 48.0 Å². The third-order valence-corrected chi connectivity index (χ3v) is 4.34. The highest BCUT2D eigenvalue weighted by molar-refractivity contribution is 5.79. The summed E-state index contributed by atoms with van der Waals surface area (Å²) in [5.74, 6) is 2.58. The van der Waals surface area contributed by atoms with E-state index in [4.69, 9.17) is 14.2 Å². The van der Waals surface area contributed by atoms with Gasteiger partial charge < -0.3 is 29.7 Å². The van der Waals surface area contributed by atoms with Crippen LogP contribution in [0.25, 0.3) is 0 Å². The molecule has 2 aromatic carbocycles. The maximum absolute atomic E-state index is 5.40. The summed E-state index contributed by atoms with van der Waals surface area (Å²) >= 11 is 0. The van der Waals surface area contributed by atoms with E-state index in [0.29, 0.717) is 23.8 Å². The van der Waals surface area contributed by atoms with Crippen molar-refractivity contribution >= 4 is 11.6 Å². The molecule has 0 aliphatic heterocycles. The van der Waals surface area contributed by atoms with Gasteiger partial charge in [0.1, 0.15) is 0 Å². The van der Waals surface area contributed by atoms with Crippen molar-refractivity contribution in [2.45, 2.75) is 6.54 Å². The van der Waals surface area contributed by atoms with E-state index in [0.717, 1.165) is 24.6 Å². The van der Waals surface area contributed by atoms with E-state index in [1.54, 1.807) is 28.4 Å². The fraction of sp³-hybridized carbons (Fsp3) is 0.381. The molecule has 0 saturated carbocycles. The molecule has 2 aromatic rings. The molecule has 0 radical (unpaired) electrons. The number of hydrogen-bond donors (Lipinski definition) is 2. The Hall–Kier alpha value is -3.09. The lowest BCUT2D eigenvalue weighted by molar-refractivity contribution is 0.323. The van der Waals surface area contributed by atoms with Crippen molar-refractivity contribution in [3.63, 3.8) is 0 Å². The van der Waals surface area contributed by atoms with Gasteiger partial charge in [0.25, 0.3) is 0 Å². The van der Waals surface area contributed by atoms with Gasteiger partial charge >= 0.3 is 0 Å². The molecule has 0 unspecified atom stereocenters. The van der Waals surface area contributed by atoms with E-state index in [9.17, 15) is 0 Å². The number of anilines is 1. The minimum absolute atomic E-state index is 0.574. The van der Waals surface area contributed by atoms with Gasteiger partial charge in [-0.3, -0.25) is 4.99 Å². The minimum Gasteiger partial charge on any atom is -0.493 e. The van der Waals surface area contributed by atoms with Crippen molar-refractivity contribution in [1.29, 1.82) is 0 Å². The molecule has 0 heterocycles. The number of aliphatic imine (C=N–C) groups is 1. The van der Waals surface area contributed by atoms with Crippen molar-refractivity contribution in [3.8, 4) is 17.2 Å². The van der Waals surface area contributed by atoms with E-state index < -0.39 is 0 Å². The predicted octanol–water partition coefficient (Wildman–Crippen LogP) is 2.51. The summed E-state index contributed by atoms with van der Waals surface area (Å²) in [5, 5.41) is 6.64. The monoisotopic (exact) mass is 386 g/mol. The molecule has 28 heavy (non-hydrogen) atoms. The van der Waals surface area contributed by atoms with E-state index in [-0.39, 0.29) is 0 Å². The van der Waals surface area contributed by atoms with Gasteiger partial charge in [-0.05, 0) is 29.8 Å². The molecule has 0 aromatic heterocycles. The van der Waals surface area contributed by atoms with Crippen LogP contribution in [0.5, 0.6) is 17.2 Å². The number of methoxy groups -OCH3 is 3. The Bertz CT molecular complexity index is 740. The second-order valence-corrected chi connectivity index (χ2v) is 6.14. The average Bonchev–Trinajstić information content (AvgIpc) is 2.75. The summed E-state index contributed by atoms with van der Waals surface area (Å²) in [6.07, 6.45) is 0. The third kappa shape index (κ3) is 5.70. The second kappa shape index (κ2) is 10.9. The first-order chi connectivity index (χ1) is 13.6. The first-order valence-electron chi connectivity index (χ1n) is 9.12. The molecule has 7 nitrogen and oxygen atoms in total. The van der Waals surface area contributed by atoms with Crippen LogP contribution in [0.1, 0.15) is 5.56 Å². The Labute approximate surface area is 167 Å². The summed E-state index contributed by atoms with van der Waals surface area (Å²) in [6, 6.07) is 14.1. The molecule has 7 heteroatoms. The molecule has 2 N–H and O–H groups in total. The Morgan fingerprint density at radius 3 is 2.14 bits per heavy atom. The van der Waals surface area contributed by atoms with Crippen LogP contribution in [0.15, 0.2) is 47.5 Å². The van der Waals surface area contributed by atoms with E-state index in [1.807, 2.05) is 30.3 Å². The topological polar surface area (TPSA) is 67.4 Å². The summed E-state index contributed by atoms with van der Waals surface area (Å²) in [7, 11) is 8.64. The van der Waals surface area contributed by atoms with E-state index in [1.165, 1.54) is 5.69 Å². The number of para-hydroxylation sites is 1. The number of nitrogens with one attached hydrogen (secondary N) is 2. The number of ether oxygens (including phenoxy) is 3. The normalized spacial score (nSPS) is 11.0. The van der Waals surface area contributed by atoms with Crippen molar-refractivity contribution in [2.75, 3.05) is 53.4 Å². The SMILES string of the molecule is CN=C(NCCN(C)c1ccccc1)NCc1cc(OC)c(OC)c(OC)c1. The lowest BCUT2D eigenvalue weighted by atomic mass is 10.2. The Balaban J connectivity index is 1.90. The third-order valence-electron chi connectivity index (χ3n) is 4.34. The van der Waals surface area contributed by atoms with Crippen LogP contribution < -0.4 is 29.7 Å². The van der Waals surface area contributed by atoms with Gasteiger partial charge in [-0.2, -0.15) is 0 Å². The number of rotatable bonds is 9. The highest BCUT2D eigenvalue weighted by atomic mass is 16.5. The molecule has 0 bridgehead atoms. The molecule has 0 saturated heterocycles. The molecule has 0 fully saturated rings. The van der Waals surface area contributed by atoms with E-state index >= 15 is 0 Å². The number of benzene rings is 2. The first kappa shape index (κ1) is 21.2. The summed E-state index contributed by atoms with van der Waals surface area (Å²) in [4.78, 5) is 6.47. The van der Waals surface area contributed by atoms with Crippen LogP contribution in [0, 0.1) is 0 Å². The summed E-state index contributed by atoms with van der Waals surface area (Å²) in [6.45, 7) is 2.19. The molecule has 0 aliphatic carbocycles. The zero-order valence-corrected chi connectivity index (χ0v) is 17.3. The number of nitrogens with zero attached hydrogens (tertiary/aromatic N) is 2. The number of hydrogen-bond acceptors (Lipinski definition) is 5. The van der Waals surface area contributed by atoms with Gasteiger partial charge in [-0.1, -0.05) is 18.2 Å². The zero-order chi connectivity index (χ0) is 20.4. The zero-order valence-electron chi connectivity index (χ0n) is 17.3. The van der Waals surface area contributed by atoms with Crippen LogP contribution in [0.4, 0.5) is 5.69 Å². The molecule has 0 atom stereocenters. The molecule has 0 aliphatic rings. The predicted molar refractivity (Wildman–Crippen MR) is 114 cm³/mol. The first-order valence-corrected chi connectivity index (χ1v) is 9.12. The largest absolute Gasteiger partial charge is 0.493 e. The fourth-order valence-corrected chi connectivity index (χ4v) is 2.80. The van der Waals surface area contributed by atoms with Gasteiger partial charge in [0.2, 0.25) is 5.75 Å². The molecule has 2 rings (SSSR count). The maximum atomic E-state index is 5.40. The number of likely N-dealkylation sites (N-methyl/N-ethyl adjacent to an activating group) is 1. The van der Waals surface area contributed by atoms with Gasteiger partial charge in [-0.25, -0.2) is 0 Å². The molecule has 0 spiro atoms. The van der Waals surface area contributed by atoms with Crippen molar-refractivity contribution in [1.82, 2.24) is 10.6 Å². The van der Waals surface area contributed by atoms with Gasteiger partial charge in [0.15, 0.2) is 17.5 Å². The van der Waals surface area contributed by atoms with Gasteiger partial charge in [-0.15, -0.1) is 0 Å². The highest BCUT2D eigenvalue weighted by Crippen LogP contribution is 2.38. The van der Waals surface area contributed by atoms with Gasteiger partial charge in [0.05, 0.1) is 21.3 Å². The standard InChI is InChI=1S/C21H30N4O3/c1-22-21(23-11-12-25(2)17-9-7-6-8-10-17)24-15-16-13-18(26-3)20(28-5)19(14-16)27-4/h6-10,13-14H,11-12,15H2,1-5H3,(H2,22,23,24). The van der Waals surface area contributed by atoms with Gasteiger partial charge in [0, 0.05) is 39.4 Å². The molecule has 152 valence electrons. The fourth-order valence-electron chi connectivity index (χ4n) is 2.80. The van der Waals surface area contributed by atoms with Crippen molar-refractivity contribution < 1.29 is 14.2 Å². The van der Waals surface area contributed by atoms with Crippen molar-refractivity contribution in [2.24, 2.45) is 4.99 Å². The second-order valence-electron chi connectivity index (χ2n) is 6.14. The Morgan fingerprint density at radius 2 is 1.61 bits per heavy atom. The van der Waals surface area contributed by atoms with Crippen LogP contribution in [0.2, 0.25) is 0 Å². The van der Waals surface area contributed by atoms with Crippen LogP contribution in [-0.2, 0) is 6.54 Å². The lowest BCUT2D eigenvalue weighted by Gasteiger charge is -2.20. The average molecular weight is 386 g/mol. The van der Waals surface area contributed by atoms with E-state index in [2.05, 4.69) is 39.7 Å². The highest BCUT2D eigenvalue weighted by Gasteiger charge is 2.13. The Kier molecular flexibility index (Phi) is 8.27. The van der Waals surface area contributed by atoms with Crippen LogP contribution >= 0.6 is 0 Å². The number of guanidine groups is 1. The maximum Gasteiger partial charge on any atom is 0.203 e. The Morgan fingerprint density at radius 1 is 0.964 bits per heavy atom. The molecular weight excluding hydrogens is 356 g/mol. The smallest absolute Gasteiger partial charge is 0.203 e. The quantitative estimate of drug-likeness (QED) is 0.510. The molecule has 0 amide bonds. The summed E-state index contributed by atoms with van der Waals surface area (Å²) < 4.78 is 16.2. The van der Waals surface area contributed by atoms with Crippen LogP contribution in [0.3, 0.4) is 0 Å². The lowest BCUT2D eigenvalue weighted by Crippen LogP contribution is -2.40. The molecular formula is C21H30N4O3.